The molecule has 0 bridgehead atoms. The van der Waals surface area contributed by atoms with E-state index in [9.17, 15) is 0 Å². The molecule has 0 aromatic heterocycles. The summed E-state index contributed by atoms with van der Waals surface area (Å²) >= 11 is 6.64. The van der Waals surface area contributed by atoms with Crippen molar-refractivity contribution in [2.45, 2.75) is 46.1 Å². The minimum absolute atomic E-state index is 0.0430. The lowest BCUT2D eigenvalue weighted by atomic mass is 9.75. The number of rotatable bonds is 3. The fourth-order valence-corrected chi connectivity index (χ4v) is 4.89. The van der Waals surface area contributed by atoms with Gasteiger partial charge in [0, 0.05) is 28.6 Å². The Kier molecular flexibility index (Phi) is 5.97. The van der Waals surface area contributed by atoms with Gasteiger partial charge in [0.1, 0.15) is 17.7 Å². The van der Waals surface area contributed by atoms with Gasteiger partial charge < -0.3 is 4.90 Å². The number of likely N-dealkylation sites (tertiary alicyclic amines) is 1. The van der Waals surface area contributed by atoms with Crippen molar-refractivity contribution in [3.05, 3.63) is 70.0 Å². The van der Waals surface area contributed by atoms with Crippen molar-refractivity contribution in [2.24, 2.45) is 11.3 Å². The zero-order chi connectivity index (χ0) is 20.3. The third-order valence-corrected chi connectivity index (χ3v) is 6.55. The summed E-state index contributed by atoms with van der Waals surface area (Å²) in [4.78, 5) is 2.48. The van der Waals surface area contributed by atoms with E-state index in [0.717, 1.165) is 37.0 Å². The molecule has 2 unspecified atom stereocenters. The van der Waals surface area contributed by atoms with Gasteiger partial charge in [0.2, 0.25) is 0 Å². The van der Waals surface area contributed by atoms with Gasteiger partial charge in [-0.15, -0.1) is 0 Å². The summed E-state index contributed by atoms with van der Waals surface area (Å²) in [6.45, 7) is 7.79. The normalized spacial score (nSPS) is 28.3. The van der Waals surface area contributed by atoms with E-state index in [1.807, 2.05) is 12.1 Å². The average Bonchev–Trinajstić information content (AvgIpc) is 2.92. The van der Waals surface area contributed by atoms with E-state index in [-0.39, 0.29) is 11.0 Å². The molecule has 0 radical (unpaired) electrons. The lowest BCUT2D eigenvalue weighted by molar-refractivity contribution is 0.321. The number of allylic oxidation sites excluding steroid dienone is 10. The first-order valence-electron chi connectivity index (χ1n) is 9.88. The molecule has 2 atom stereocenters. The number of nitriles is 2. The number of fused-ring (bicyclic) bond motifs is 1. The maximum atomic E-state index is 9.02. The Hall–Kier alpha value is -2.49. The smallest absolute Gasteiger partial charge is 0.129 e. The largest absolute Gasteiger partial charge is 0.368 e. The molecule has 144 valence electrons. The van der Waals surface area contributed by atoms with E-state index in [0.29, 0.717) is 17.0 Å². The second kappa shape index (κ2) is 8.26. The highest BCUT2D eigenvalue weighted by Gasteiger charge is 2.47. The fraction of sp³-hybridized carbons (Fsp3) is 0.417. The molecule has 0 amide bonds. The number of nitrogens with zero attached hydrogens (tertiary/aromatic N) is 3. The maximum absolute atomic E-state index is 9.02. The highest BCUT2D eigenvalue weighted by atomic mass is 35.5. The highest BCUT2D eigenvalue weighted by Crippen LogP contribution is 2.50. The molecule has 0 aromatic rings. The van der Waals surface area contributed by atoms with Crippen molar-refractivity contribution < 1.29 is 0 Å². The van der Waals surface area contributed by atoms with E-state index < -0.39 is 0 Å². The van der Waals surface area contributed by atoms with Crippen LogP contribution in [0, 0.1) is 34.0 Å². The Morgan fingerprint density at radius 1 is 1.21 bits per heavy atom. The summed E-state index contributed by atoms with van der Waals surface area (Å²) in [6, 6.07) is 4.24. The van der Waals surface area contributed by atoms with Gasteiger partial charge in [-0.25, -0.2) is 0 Å². The number of hydrogen-bond donors (Lipinski definition) is 0. The van der Waals surface area contributed by atoms with Crippen LogP contribution in [-0.4, -0.2) is 17.5 Å². The molecule has 4 heteroatoms. The highest BCUT2D eigenvalue weighted by molar-refractivity contribution is 6.32. The van der Waals surface area contributed by atoms with Gasteiger partial charge in [-0.2, -0.15) is 10.5 Å². The molecule has 3 rings (SSSR count). The van der Waals surface area contributed by atoms with Gasteiger partial charge in [-0.05, 0) is 49.5 Å². The Labute approximate surface area is 173 Å². The standard InChI is InChI=1S/C24H26ClN3/c1-4-28-21-11-6-5-10-20(21)24(2,3)22(28)13-12-18-8-7-9-19(23(18)25)14-17(15-26)16-27/h5-6,10-14,20-21H,4,7-9H2,1-3H3/b18-12+,22-13+. The second-order valence-electron chi connectivity index (χ2n) is 8.01. The summed E-state index contributed by atoms with van der Waals surface area (Å²) in [5.74, 6) is 0.465. The average molecular weight is 392 g/mol. The van der Waals surface area contributed by atoms with Crippen molar-refractivity contribution >= 4 is 11.6 Å². The van der Waals surface area contributed by atoms with Gasteiger partial charge in [-0.1, -0.05) is 55.8 Å². The van der Waals surface area contributed by atoms with Crippen LogP contribution in [0.1, 0.15) is 40.0 Å². The van der Waals surface area contributed by atoms with Crippen molar-refractivity contribution in [1.82, 2.24) is 4.90 Å². The molecular weight excluding hydrogens is 366 g/mol. The molecule has 0 saturated carbocycles. The van der Waals surface area contributed by atoms with Crippen LogP contribution in [0.4, 0.5) is 0 Å². The van der Waals surface area contributed by atoms with E-state index in [1.165, 1.54) is 5.70 Å². The van der Waals surface area contributed by atoms with Crippen LogP contribution in [0.2, 0.25) is 0 Å². The first kappa shape index (κ1) is 20.2. The molecular formula is C24H26ClN3. The van der Waals surface area contributed by atoms with Crippen LogP contribution in [0.3, 0.4) is 0 Å². The zero-order valence-electron chi connectivity index (χ0n) is 16.7. The topological polar surface area (TPSA) is 50.8 Å². The Morgan fingerprint density at radius 2 is 1.93 bits per heavy atom. The molecule has 3 nitrogen and oxygen atoms in total. The van der Waals surface area contributed by atoms with Crippen LogP contribution in [0.25, 0.3) is 0 Å². The van der Waals surface area contributed by atoms with Crippen molar-refractivity contribution in [2.75, 3.05) is 6.54 Å². The first-order valence-corrected chi connectivity index (χ1v) is 10.3. The summed E-state index contributed by atoms with van der Waals surface area (Å²) < 4.78 is 0. The monoisotopic (exact) mass is 391 g/mol. The Morgan fingerprint density at radius 3 is 2.61 bits per heavy atom. The predicted octanol–water partition coefficient (Wildman–Crippen LogP) is 5.92. The van der Waals surface area contributed by atoms with E-state index in [2.05, 4.69) is 62.1 Å². The van der Waals surface area contributed by atoms with Crippen LogP contribution < -0.4 is 0 Å². The summed E-state index contributed by atoms with van der Waals surface area (Å²) in [5.41, 5.74) is 3.43. The molecule has 0 N–H and O–H groups in total. The van der Waals surface area contributed by atoms with E-state index in [4.69, 9.17) is 22.1 Å². The number of likely N-dealkylation sites (N-methyl/N-ethyl adjacent to an activating group) is 1. The zero-order valence-corrected chi connectivity index (χ0v) is 17.5. The van der Waals surface area contributed by atoms with Gasteiger partial charge >= 0.3 is 0 Å². The van der Waals surface area contributed by atoms with Crippen LogP contribution in [-0.2, 0) is 0 Å². The summed E-state index contributed by atoms with van der Waals surface area (Å²) in [6.07, 6.45) is 17.6. The summed E-state index contributed by atoms with van der Waals surface area (Å²) in [7, 11) is 0. The molecule has 1 fully saturated rings. The second-order valence-corrected chi connectivity index (χ2v) is 8.39. The minimum Gasteiger partial charge on any atom is -0.368 e. The summed E-state index contributed by atoms with van der Waals surface area (Å²) in [5, 5.41) is 18.7. The first-order chi connectivity index (χ1) is 13.4. The van der Waals surface area contributed by atoms with Crippen LogP contribution >= 0.6 is 11.6 Å². The lowest BCUT2D eigenvalue weighted by Gasteiger charge is -2.27. The van der Waals surface area contributed by atoms with Crippen molar-refractivity contribution in [3.8, 4) is 12.1 Å². The molecule has 3 aliphatic rings. The minimum atomic E-state index is 0.0430. The Balaban J connectivity index is 1.99. The molecule has 1 heterocycles. The number of hydrogen-bond acceptors (Lipinski definition) is 3. The van der Waals surface area contributed by atoms with Crippen LogP contribution in [0.15, 0.2) is 70.0 Å². The molecule has 1 aliphatic heterocycles. The molecule has 2 aliphatic carbocycles. The van der Waals surface area contributed by atoms with Gasteiger partial charge in [0.05, 0.1) is 6.04 Å². The molecule has 0 spiro atoms. The van der Waals surface area contributed by atoms with Gasteiger partial charge in [0.15, 0.2) is 0 Å². The maximum Gasteiger partial charge on any atom is 0.129 e. The third-order valence-electron chi connectivity index (χ3n) is 6.07. The predicted molar refractivity (Wildman–Crippen MR) is 114 cm³/mol. The SMILES string of the molecule is CCN1/C(=C/C=C2\CCCC(C=C(C#N)C#N)=C2Cl)C(C)(C)C2C=CC=CC21. The van der Waals surface area contributed by atoms with Crippen molar-refractivity contribution in [1.29, 1.82) is 10.5 Å². The van der Waals surface area contributed by atoms with Gasteiger partial charge in [0.25, 0.3) is 0 Å². The number of halogens is 1. The van der Waals surface area contributed by atoms with Gasteiger partial charge in [-0.3, -0.25) is 0 Å². The Bertz CT molecular complexity index is 896. The molecule has 1 saturated heterocycles. The van der Waals surface area contributed by atoms with E-state index >= 15 is 0 Å². The third kappa shape index (κ3) is 3.60. The quantitative estimate of drug-likeness (QED) is 0.561. The molecule has 28 heavy (non-hydrogen) atoms. The molecule has 0 aromatic carbocycles. The fourth-order valence-electron chi connectivity index (χ4n) is 4.58. The van der Waals surface area contributed by atoms with Crippen molar-refractivity contribution in [3.63, 3.8) is 0 Å². The van der Waals surface area contributed by atoms with E-state index in [1.54, 1.807) is 6.08 Å². The van der Waals surface area contributed by atoms with Crippen LogP contribution in [0.5, 0.6) is 0 Å². The lowest BCUT2D eigenvalue weighted by Crippen LogP contribution is -2.30.